The summed E-state index contributed by atoms with van der Waals surface area (Å²) in [5.41, 5.74) is 0.988. The van der Waals surface area contributed by atoms with Crippen molar-refractivity contribution in [1.82, 2.24) is 4.90 Å². The van der Waals surface area contributed by atoms with Gasteiger partial charge in [-0.3, -0.25) is 9.79 Å². The molecule has 0 bridgehead atoms. The Morgan fingerprint density at radius 2 is 1.55 bits per heavy atom. The number of nitrogens with zero attached hydrogens (tertiary/aromatic N) is 2. The summed E-state index contributed by atoms with van der Waals surface area (Å²) in [5, 5.41) is 0. The van der Waals surface area contributed by atoms with Crippen molar-refractivity contribution in [1.29, 1.82) is 0 Å². The molecule has 1 aliphatic rings. The predicted octanol–water partition coefficient (Wildman–Crippen LogP) is 4.99. The molecule has 0 N–H and O–H groups in total. The standard InChI is InChI=1S/C19H36N2O/c1-4-5-6-7-8-9-10-11-12-13-14-21-18(3)16-20-17(2)15-19(21)22/h18H,4-16H2,1-3H3. The molecule has 0 saturated heterocycles. The van der Waals surface area contributed by atoms with Gasteiger partial charge >= 0.3 is 0 Å². The Bertz CT molecular complexity index is 338. The van der Waals surface area contributed by atoms with E-state index >= 15 is 0 Å². The molecule has 3 heteroatoms. The molecule has 1 unspecified atom stereocenters. The van der Waals surface area contributed by atoms with Crippen molar-refractivity contribution in [3.63, 3.8) is 0 Å². The molecule has 1 rings (SSSR count). The van der Waals surface area contributed by atoms with Gasteiger partial charge in [0.1, 0.15) is 0 Å². The first-order chi connectivity index (χ1) is 10.6. The maximum absolute atomic E-state index is 12.2. The van der Waals surface area contributed by atoms with Gasteiger partial charge in [0.05, 0.1) is 13.0 Å². The molecule has 1 aliphatic heterocycles. The summed E-state index contributed by atoms with van der Waals surface area (Å²) in [6, 6.07) is 0.267. The van der Waals surface area contributed by atoms with Gasteiger partial charge in [0.25, 0.3) is 0 Å². The van der Waals surface area contributed by atoms with Crippen molar-refractivity contribution in [3.8, 4) is 0 Å². The Labute approximate surface area is 137 Å². The molecule has 0 fully saturated rings. The van der Waals surface area contributed by atoms with Crippen molar-refractivity contribution in [2.75, 3.05) is 13.1 Å². The fraction of sp³-hybridized carbons (Fsp3) is 0.895. The van der Waals surface area contributed by atoms with Crippen molar-refractivity contribution >= 4 is 11.6 Å². The Morgan fingerprint density at radius 1 is 1.00 bits per heavy atom. The summed E-state index contributed by atoms with van der Waals surface area (Å²) >= 11 is 0. The highest BCUT2D eigenvalue weighted by molar-refractivity contribution is 6.00. The first-order valence-electron chi connectivity index (χ1n) is 9.44. The Morgan fingerprint density at radius 3 is 2.14 bits per heavy atom. The molecule has 0 saturated carbocycles. The molecule has 0 aliphatic carbocycles. The second-order valence-corrected chi connectivity index (χ2v) is 6.87. The number of carbonyl (C=O) groups excluding carboxylic acids is 1. The number of hydrogen-bond donors (Lipinski definition) is 0. The number of hydrogen-bond acceptors (Lipinski definition) is 2. The highest BCUT2D eigenvalue weighted by Crippen LogP contribution is 2.13. The van der Waals surface area contributed by atoms with Crippen LogP contribution in [0.2, 0.25) is 0 Å². The zero-order valence-corrected chi connectivity index (χ0v) is 15.1. The van der Waals surface area contributed by atoms with Gasteiger partial charge in [-0.25, -0.2) is 0 Å². The number of carbonyl (C=O) groups is 1. The molecule has 128 valence electrons. The first-order valence-corrected chi connectivity index (χ1v) is 9.44. The van der Waals surface area contributed by atoms with E-state index in [0.717, 1.165) is 25.2 Å². The minimum absolute atomic E-state index is 0.266. The smallest absolute Gasteiger partial charge is 0.228 e. The number of aliphatic imine (C=N–C) groups is 1. The van der Waals surface area contributed by atoms with Gasteiger partial charge in [-0.1, -0.05) is 64.7 Å². The topological polar surface area (TPSA) is 32.7 Å². The molecule has 22 heavy (non-hydrogen) atoms. The van der Waals surface area contributed by atoms with Gasteiger partial charge in [0.2, 0.25) is 5.91 Å². The lowest BCUT2D eigenvalue weighted by atomic mass is 10.1. The lowest BCUT2D eigenvalue weighted by Gasteiger charge is -2.26. The lowest BCUT2D eigenvalue weighted by molar-refractivity contribution is -0.131. The Balaban J connectivity index is 2.03. The van der Waals surface area contributed by atoms with Crippen LogP contribution < -0.4 is 0 Å². The zero-order chi connectivity index (χ0) is 16.2. The average Bonchev–Trinajstić information content (AvgIpc) is 2.61. The highest BCUT2D eigenvalue weighted by Gasteiger charge is 2.22. The normalized spacial score (nSPS) is 19.2. The molecule has 3 nitrogen and oxygen atoms in total. The lowest BCUT2D eigenvalue weighted by Crippen LogP contribution is -2.39. The number of amides is 1. The molecule has 0 aromatic heterocycles. The largest absolute Gasteiger partial charge is 0.338 e. The highest BCUT2D eigenvalue weighted by atomic mass is 16.2. The first kappa shape index (κ1) is 19.2. The molecule has 0 radical (unpaired) electrons. The second-order valence-electron chi connectivity index (χ2n) is 6.87. The Hall–Kier alpha value is -0.860. The van der Waals surface area contributed by atoms with Crippen LogP contribution in [0.3, 0.4) is 0 Å². The van der Waals surface area contributed by atoms with Crippen LogP contribution in [-0.2, 0) is 4.79 Å². The SMILES string of the molecule is CCCCCCCCCCCCN1C(=O)CC(C)=NCC1C. The maximum Gasteiger partial charge on any atom is 0.228 e. The monoisotopic (exact) mass is 308 g/mol. The van der Waals surface area contributed by atoms with Crippen LogP contribution in [0.1, 0.15) is 91.4 Å². The van der Waals surface area contributed by atoms with Gasteiger partial charge in [-0.2, -0.15) is 0 Å². The third kappa shape index (κ3) is 7.95. The van der Waals surface area contributed by atoms with Crippen molar-refractivity contribution in [2.45, 2.75) is 97.4 Å². The maximum atomic E-state index is 12.2. The van der Waals surface area contributed by atoms with Crippen LogP contribution in [0.25, 0.3) is 0 Å². The predicted molar refractivity (Wildman–Crippen MR) is 95.6 cm³/mol. The molecule has 1 atom stereocenters. The fourth-order valence-electron chi connectivity index (χ4n) is 3.12. The molecular weight excluding hydrogens is 272 g/mol. The van der Waals surface area contributed by atoms with E-state index in [1.807, 2.05) is 11.8 Å². The van der Waals surface area contributed by atoms with E-state index in [1.54, 1.807) is 0 Å². The van der Waals surface area contributed by atoms with Crippen LogP contribution in [0.5, 0.6) is 0 Å². The summed E-state index contributed by atoms with van der Waals surface area (Å²) < 4.78 is 0. The van der Waals surface area contributed by atoms with Crippen molar-refractivity contribution in [2.24, 2.45) is 4.99 Å². The van der Waals surface area contributed by atoms with Gasteiger partial charge in [-0.15, -0.1) is 0 Å². The van der Waals surface area contributed by atoms with Gasteiger partial charge < -0.3 is 4.90 Å². The van der Waals surface area contributed by atoms with Crippen LogP contribution >= 0.6 is 0 Å². The molecule has 0 aromatic rings. The summed E-state index contributed by atoms with van der Waals surface area (Å²) in [7, 11) is 0. The zero-order valence-electron chi connectivity index (χ0n) is 15.1. The van der Waals surface area contributed by atoms with E-state index in [-0.39, 0.29) is 11.9 Å². The van der Waals surface area contributed by atoms with Crippen molar-refractivity contribution in [3.05, 3.63) is 0 Å². The van der Waals surface area contributed by atoms with E-state index in [0.29, 0.717) is 6.42 Å². The van der Waals surface area contributed by atoms with Crippen LogP contribution in [0, 0.1) is 0 Å². The van der Waals surface area contributed by atoms with Crippen LogP contribution in [0.4, 0.5) is 0 Å². The van der Waals surface area contributed by atoms with E-state index < -0.39 is 0 Å². The Kier molecular flexibility index (Phi) is 10.2. The molecule has 0 spiro atoms. The summed E-state index contributed by atoms with van der Waals surface area (Å²) in [6.07, 6.45) is 13.9. The molecular formula is C19H36N2O. The molecule has 1 heterocycles. The van der Waals surface area contributed by atoms with Gasteiger partial charge in [0.15, 0.2) is 0 Å². The van der Waals surface area contributed by atoms with Crippen LogP contribution in [-0.4, -0.2) is 35.7 Å². The number of unbranched alkanes of at least 4 members (excludes halogenated alkanes) is 9. The third-order valence-electron chi connectivity index (χ3n) is 4.64. The second kappa shape index (κ2) is 11.7. The third-order valence-corrected chi connectivity index (χ3v) is 4.64. The van der Waals surface area contributed by atoms with E-state index in [2.05, 4.69) is 18.8 Å². The number of rotatable bonds is 11. The quantitative estimate of drug-likeness (QED) is 0.495. The summed E-state index contributed by atoms with van der Waals surface area (Å²) in [4.78, 5) is 18.7. The van der Waals surface area contributed by atoms with Crippen LogP contribution in [0.15, 0.2) is 4.99 Å². The van der Waals surface area contributed by atoms with Gasteiger partial charge in [-0.05, 0) is 20.3 Å². The van der Waals surface area contributed by atoms with E-state index in [1.165, 1.54) is 57.8 Å². The average molecular weight is 309 g/mol. The van der Waals surface area contributed by atoms with E-state index in [9.17, 15) is 4.79 Å². The summed E-state index contributed by atoms with van der Waals surface area (Å²) in [5.74, 6) is 0.266. The van der Waals surface area contributed by atoms with Crippen molar-refractivity contribution < 1.29 is 4.79 Å². The molecule has 1 amide bonds. The van der Waals surface area contributed by atoms with E-state index in [4.69, 9.17) is 0 Å². The summed E-state index contributed by atoms with van der Waals surface area (Å²) in [6.45, 7) is 8.04. The minimum Gasteiger partial charge on any atom is -0.338 e. The van der Waals surface area contributed by atoms with Gasteiger partial charge in [0, 0.05) is 18.3 Å². The minimum atomic E-state index is 0.266. The fourth-order valence-corrected chi connectivity index (χ4v) is 3.12. The molecule has 0 aromatic carbocycles.